The van der Waals surface area contributed by atoms with Gasteiger partial charge in [-0.05, 0) is 24.6 Å². The van der Waals surface area contributed by atoms with Crippen LogP contribution in [0.15, 0.2) is 48.8 Å². The molecule has 0 aliphatic carbocycles. The summed E-state index contributed by atoms with van der Waals surface area (Å²) in [5.41, 5.74) is 1.15. The molecule has 1 unspecified atom stereocenters. The number of rotatable bonds is 3. The molecular formula is C22H17ClFN5O3. The van der Waals surface area contributed by atoms with E-state index in [1.54, 1.807) is 0 Å². The van der Waals surface area contributed by atoms with E-state index in [1.807, 2.05) is 30.3 Å². The van der Waals surface area contributed by atoms with Crippen molar-refractivity contribution in [2.24, 2.45) is 0 Å². The SMILES string of the molecule is O=C(Nc1ncc(C#Cc2ccccc2)cc1F)c1c(Cl)cnn1C1CCN(C(=O)O)C1. The van der Waals surface area contributed by atoms with Gasteiger partial charge < -0.3 is 15.3 Å². The first kappa shape index (κ1) is 21.3. The predicted molar refractivity (Wildman–Crippen MR) is 115 cm³/mol. The highest BCUT2D eigenvalue weighted by Crippen LogP contribution is 2.27. The zero-order valence-corrected chi connectivity index (χ0v) is 17.4. The van der Waals surface area contributed by atoms with Crippen molar-refractivity contribution < 1.29 is 19.1 Å². The standard InChI is InChI=1S/C22H17ClFN5O3/c23-17-12-26-29(16-8-9-28(13-16)22(31)32)19(17)21(30)27-20-18(24)10-15(11-25-20)7-6-14-4-2-1-3-5-14/h1-5,10-12,16H,8-9,13H2,(H,31,32)(H,25,27,30). The number of anilines is 1. The number of nitrogens with zero attached hydrogens (tertiary/aromatic N) is 4. The van der Waals surface area contributed by atoms with Crippen LogP contribution in [-0.4, -0.2) is 49.9 Å². The lowest BCUT2D eigenvalue weighted by Crippen LogP contribution is -2.28. The lowest BCUT2D eigenvalue weighted by Gasteiger charge is -2.15. The fraction of sp³-hybridized carbons (Fsp3) is 0.182. The van der Waals surface area contributed by atoms with Crippen molar-refractivity contribution >= 4 is 29.4 Å². The predicted octanol–water partition coefficient (Wildman–Crippen LogP) is 3.65. The second-order valence-electron chi connectivity index (χ2n) is 7.08. The molecule has 1 saturated heterocycles. The molecule has 0 saturated carbocycles. The first-order chi connectivity index (χ1) is 15.4. The minimum atomic E-state index is -1.04. The van der Waals surface area contributed by atoms with E-state index in [2.05, 4.69) is 27.2 Å². The summed E-state index contributed by atoms with van der Waals surface area (Å²) < 4.78 is 15.9. The molecule has 2 N–H and O–H groups in total. The number of benzene rings is 1. The molecule has 0 spiro atoms. The molecule has 3 aromatic rings. The lowest BCUT2D eigenvalue weighted by molar-refractivity contribution is 0.101. The van der Waals surface area contributed by atoms with Gasteiger partial charge in [-0.1, -0.05) is 41.6 Å². The Hall–Kier alpha value is -3.90. The number of pyridine rings is 1. The average molecular weight is 454 g/mol. The van der Waals surface area contributed by atoms with Gasteiger partial charge in [0.25, 0.3) is 5.91 Å². The van der Waals surface area contributed by atoms with Crippen molar-refractivity contribution in [3.05, 3.63) is 76.5 Å². The van der Waals surface area contributed by atoms with Gasteiger partial charge in [0.1, 0.15) is 5.69 Å². The van der Waals surface area contributed by atoms with Crippen LogP contribution in [0.25, 0.3) is 0 Å². The van der Waals surface area contributed by atoms with E-state index in [4.69, 9.17) is 16.7 Å². The smallest absolute Gasteiger partial charge is 0.407 e. The number of likely N-dealkylation sites (tertiary alicyclic amines) is 1. The molecule has 1 aliphatic rings. The summed E-state index contributed by atoms with van der Waals surface area (Å²) in [5.74, 6) is 4.01. The van der Waals surface area contributed by atoms with Crippen molar-refractivity contribution in [1.29, 1.82) is 0 Å². The number of carbonyl (C=O) groups is 2. The zero-order chi connectivity index (χ0) is 22.7. The summed E-state index contributed by atoms with van der Waals surface area (Å²) in [5, 5.41) is 15.7. The van der Waals surface area contributed by atoms with Crippen molar-refractivity contribution in [2.75, 3.05) is 18.4 Å². The van der Waals surface area contributed by atoms with Gasteiger partial charge in [0, 0.05) is 30.4 Å². The molecule has 162 valence electrons. The molecule has 1 aromatic carbocycles. The summed E-state index contributed by atoms with van der Waals surface area (Å²) in [6.45, 7) is 0.495. The number of carbonyl (C=O) groups excluding carboxylic acids is 1. The molecule has 10 heteroatoms. The van der Waals surface area contributed by atoms with Crippen LogP contribution in [0, 0.1) is 17.7 Å². The van der Waals surface area contributed by atoms with Crippen LogP contribution in [0.4, 0.5) is 15.0 Å². The molecule has 0 radical (unpaired) electrons. The number of hydrogen-bond donors (Lipinski definition) is 2. The Labute approximate surface area is 187 Å². The third-order valence-electron chi connectivity index (χ3n) is 4.94. The number of halogens is 2. The lowest BCUT2D eigenvalue weighted by atomic mass is 10.2. The first-order valence-electron chi connectivity index (χ1n) is 9.67. The number of hydrogen-bond acceptors (Lipinski definition) is 4. The maximum Gasteiger partial charge on any atom is 0.407 e. The van der Waals surface area contributed by atoms with Gasteiger partial charge in [-0.15, -0.1) is 0 Å². The maximum absolute atomic E-state index is 14.5. The van der Waals surface area contributed by atoms with Crippen LogP contribution in [0.2, 0.25) is 5.02 Å². The second kappa shape index (κ2) is 9.08. The highest BCUT2D eigenvalue weighted by molar-refractivity contribution is 6.34. The molecule has 8 nitrogen and oxygen atoms in total. The Morgan fingerprint density at radius 3 is 2.62 bits per heavy atom. The Bertz CT molecular complexity index is 1240. The Morgan fingerprint density at radius 2 is 1.94 bits per heavy atom. The first-order valence-corrected chi connectivity index (χ1v) is 10.0. The van der Waals surface area contributed by atoms with Crippen molar-refractivity contribution in [2.45, 2.75) is 12.5 Å². The highest BCUT2D eigenvalue weighted by Gasteiger charge is 2.31. The molecule has 1 atom stereocenters. The van der Waals surface area contributed by atoms with Crippen molar-refractivity contribution in [1.82, 2.24) is 19.7 Å². The number of amides is 2. The van der Waals surface area contributed by atoms with Crippen LogP contribution in [0.3, 0.4) is 0 Å². The monoisotopic (exact) mass is 453 g/mol. The molecule has 2 aromatic heterocycles. The second-order valence-corrected chi connectivity index (χ2v) is 7.49. The Morgan fingerprint density at radius 1 is 1.19 bits per heavy atom. The quantitative estimate of drug-likeness (QED) is 0.590. The van der Waals surface area contributed by atoms with E-state index in [0.29, 0.717) is 18.5 Å². The molecule has 1 aliphatic heterocycles. The van der Waals surface area contributed by atoms with E-state index in [1.165, 1.54) is 28.0 Å². The van der Waals surface area contributed by atoms with Gasteiger partial charge in [-0.3, -0.25) is 9.48 Å². The zero-order valence-electron chi connectivity index (χ0n) is 16.6. The molecule has 3 heterocycles. The van der Waals surface area contributed by atoms with Crippen molar-refractivity contribution in [3.63, 3.8) is 0 Å². The van der Waals surface area contributed by atoms with Gasteiger partial charge in [-0.25, -0.2) is 14.2 Å². The van der Waals surface area contributed by atoms with E-state index >= 15 is 0 Å². The van der Waals surface area contributed by atoms with Gasteiger partial charge in [-0.2, -0.15) is 5.10 Å². The minimum Gasteiger partial charge on any atom is -0.465 e. The highest BCUT2D eigenvalue weighted by atomic mass is 35.5. The number of carboxylic acid groups (broad SMARTS) is 1. The average Bonchev–Trinajstić information content (AvgIpc) is 3.41. The van der Waals surface area contributed by atoms with E-state index in [-0.39, 0.29) is 29.1 Å². The number of aromatic nitrogens is 3. The van der Waals surface area contributed by atoms with Crippen LogP contribution in [0.5, 0.6) is 0 Å². The van der Waals surface area contributed by atoms with E-state index in [0.717, 1.165) is 5.56 Å². The Kier molecular flexibility index (Phi) is 6.05. The molecule has 32 heavy (non-hydrogen) atoms. The summed E-state index contributed by atoms with van der Waals surface area (Å²) in [6.07, 6.45) is 2.09. The molecular weight excluding hydrogens is 437 g/mol. The summed E-state index contributed by atoms with van der Waals surface area (Å²) in [4.78, 5) is 29.2. The maximum atomic E-state index is 14.5. The summed E-state index contributed by atoms with van der Waals surface area (Å²) in [6, 6.07) is 10.1. The van der Waals surface area contributed by atoms with E-state index < -0.39 is 17.8 Å². The largest absolute Gasteiger partial charge is 0.465 e. The molecule has 1 fully saturated rings. The fourth-order valence-corrected chi connectivity index (χ4v) is 3.59. The topological polar surface area (TPSA) is 100 Å². The molecule has 4 rings (SSSR count). The minimum absolute atomic E-state index is 0.0121. The number of nitrogens with one attached hydrogen (secondary N) is 1. The van der Waals surface area contributed by atoms with E-state index in [9.17, 15) is 14.0 Å². The van der Waals surface area contributed by atoms with Crippen molar-refractivity contribution in [3.8, 4) is 11.8 Å². The van der Waals surface area contributed by atoms with Gasteiger partial charge >= 0.3 is 6.09 Å². The van der Waals surface area contributed by atoms with Gasteiger partial charge in [0.15, 0.2) is 11.6 Å². The molecule has 0 bridgehead atoms. The summed E-state index contributed by atoms with van der Waals surface area (Å²) >= 11 is 6.14. The van der Waals surface area contributed by atoms with Gasteiger partial charge in [0.05, 0.1) is 17.3 Å². The summed E-state index contributed by atoms with van der Waals surface area (Å²) in [7, 11) is 0. The normalized spacial score (nSPS) is 15.2. The van der Waals surface area contributed by atoms with Crippen LogP contribution in [-0.2, 0) is 0 Å². The van der Waals surface area contributed by atoms with Crippen LogP contribution in [0.1, 0.15) is 34.1 Å². The Balaban J connectivity index is 1.51. The molecule has 2 amide bonds. The van der Waals surface area contributed by atoms with Crippen LogP contribution < -0.4 is 5.32 Å². The third-order valence-corrected chi connectivity index (χ3v) is 5.22. The third kappa shape index (κ3) is 4.55. The van der Waals surface area contributed by atoms with Crippen LogP contribution >= 0.6 is 11.6 Å². The van der Waals surface area contributed by atoms with Gasteiger partial charge in [0.2, 0.25) is 0 Å². The fourth-order valence-electron chi connectivity index (χ4n) is 3.38.